The predicted molar refractivity (Wildman–Crippen MR) is 41.5 cm³/mol. The van der Waals surface area contributed by atoms with Gasteiger partial charge in [0.05, 0.1) is 0 Å². The molecule has 2 aliphatic heterocycles. The van der Waals surface area contributed by atoms with Crippen LogP contribution in [0, 0.1) is 5.41 Å². The molecule has 2 aliphatic rings. The first-order valence-electron chi connectivity index (χ1n) is 4.05. The van der Waals surface area contributed by atoms with Crippen LogP contribution in [-0.2, 0) is 0 Å². The Hall–Kier alpha value is -0.370. The van der Waals surface area contributed by atoms with Crippen LogP contribution in [0.1, 0.15) is 25.7 Å². The zero-order valence-electron chi connectivity index (χ0n) is 6.43. The molecule has 10 heavy (non-hydrogen) atoms. The molecule has 2 heteroatoms. The highest BCUT2D eigenvalue weighted by Crippen LogP contribution is 2.31. The summed E-state index contributed by atoms with van der Waals surface area (Å²) in [6.07, 6.45) is 4.72. The van der Waals surface area contributed by atoms with Gasteiger partial charge in [-0.3, -0.25) is 4.90 Å². The summed E-state index contributed by atoms with van der Waals surface area (Å²) in [6.45, 7) is 0. The average molecular weight is 138 g/mol. The van der Waals surface area contributed by atoms with E-state index in [-0.39, 0.29) is 0 Å². The Kier molecular flexibility index (Phi) is 1.31. The Bertz CT molecular complexity index is 149. The third kappa shape index (κ3) is 0.788. The first-order valence-corrected chi connectivity index (χ1v) is 4.05. The van der Waals surface area contributed by atoms with Crippen molar-refractivity contribution in [3.05, 3.63) is 0 Å². The van der Waals surface area contributed by atoms with Crippen molar-refractivity contribution in [3.63, 3.8) is 0 Å². The minimum absolute atomic E-state index is 0.714. The van der Waals surface area contributed by atoms with Gasteiger partial charge in [0.2, 0.25) is 0 Å². The quantitative estimate of drug-likeness (QED) is 0.536. The second kappa shape index (κ2) is 2.06. The lowest BCUT2D eigenvalue weighted by Crippen LogP contribution is -2.39. The van der Waals surface area contributed by atoms with Crippen LogP contribution in [0.5, 0.6) is 0 Å². The summed E-state index contributed by atoms with van der Waals surface area (Å²) >= 11 is 0. The second-order valence-corrected chi connectivity index (χ2v) is 3.56. The lowest BCUT2D eigenvalue weighted by Gasteiger charge is -2.31. The highest BCUT2D eigenvalue weighted by Gasteiger charge is 2.35. The zero-order valence-corrected chi connectivity index (χ0v) is 6.43. The van der Waals surface area contributed by atoms with Crippen LogP contribution in [0.4, 0.5) is 0 Å². The smallest absolute Gasteiger partial charge is 0.0148 e. The Morgan fingerprint density at radius 2 is 1.80 bits per heavy atom. The molecule has 1 N–H and O–H groups in total. The summed E-state index contributed by atoms with van der Waals surface area (Å²) in [7, 11) is 2.20. The molecule has 0 saturated carbocycles. The van der Waals surface area contributed by atoms with Crippen molar-refractivity contribution in [1.29, 1.82) is 5.41 Å². The average Bonchev–Trinajstić information content (AvgIpc) is 2.20. The molecule has 56 valence electrons. The maximum atomic E-state index is 7.55. The molecule has 2 heterocycles. The van der Waals surface area contributed by atoms with Crippen molar-refractivity contribution >= 4 is 5.71 Å². The van der Waals surface area contributed by atoms with E-state index >= 15 is 0 Å². The van der Waals surface area contributed by atoms with Crippen LogP contribution in [0.3, 0.4) is 0 Å². The summed E-state index contributed by atoms with van der Waals surface area (Å²) < 4.78 is 0. The molecule has 2 rings (SSSR count). The fourth-order valence-corrected chi connectivity index (χ4v) is 2.23. The summed E-state index contributed by atoms with van der Waals surface area (Å²) in [5.74, 6) is 0. The summed E-state index contributed by atoms with van der Waals surface area (Å²) in [5.41, 5.74) is 0.977. The third-order valence-electron chi connectivity index (χ3n) is 2.95. The van der Waals surface area contributed by atoms with Crippen LogP contribution >= 0.6 is 0 Å². The predicted octanol–water partition coefficient (Wildman–Crippen LogP) is 1.26. The number of hydrogen-bond acceptors (Lipinski definition) is 2. The monoisotopic (exact) mass is 138 g/mol. The van der Waals surface area contributed by atoms with Crippen LogP contribution < -0.4 is 0 Å². The normalized spacial score (nSPS) is 40.7. The van der Waals surface area contributed by atoms with E-state index in [2.05, 4.69) is 11.9 Å². The fourth-order valence-electron chi connectivity index (χ4n) is 2.23. The second-order valence-electron chi connectivity index (χ2n) is 3.56. The number of nitrogens with one attached hydrogen (secondary N) is 1. The number of nitrogens with zero attached hydrogens (tertiary/aromatic N) is 1. The molecule has 0 amide bonds. The van der Waals surface area contributed by atoms with Crippen molar-refractivity contribution in [1.82, 2.24) is 4.90 Å². The van der Waals surface area contributed by atoms with E-state index in [4.69, 9.17) is 5.41 Å². The van der Waals surface area contributed by atoms with Gasteiger partial charge in [0.1, 0.15) is 0 Å². The summed E-state index contributed by atoms with van der Waals surface area (Å²) in [5, 5.41) is 7.55. The van der Waals surface area contributed by atoms with Gasteiger partial charge < -0.3 is 5.41 Å². The Balaban J connectivity index is 2.16. The number of rotatable bonds is 0. The molecular formula is C8H14N2. The van der Waals surface area contributed by atoms with Gasteiger partial charge in [-0.1, -0.05) is 0 Å². The Morgan fingerprint density at radius 1 is 1.30 bits per heavy atom. The van der Waals surface area contributed by atoms with Crippen molar-refractivity contribution in [2.24, 2.45) is 0 Å². The largest absolute Gasteiger partial charge is 0.310 e. The molecule has 2 unspecified atom stereocenters. The minimum atomic E-state index is 0.714. The maximum Gasteiger partial charge on any atom is 0.0148 e. The van der Waals surface area contributed by atoms with Gasteiger partial charge in [-0.25, -0.2) is 0 Å². The highest BCUT2D eigenvalue weighted by atomic mass is 15.2. The zero-order chi connectivity index (χ0) is 7.14. The van der Waals surface area contributed by atoms with Gasteiger partial charge in [0, 0.05) is 30.6 Å². The van der Waals surface area contributed by atoms with Crippen LogP contribution in [0.25, 0.3) is 0 Å². The van der Waals surface area contributed by atoms with E-state index in [0.29, 0.717) is 12.1 Å². The van der Waals surface area contributed by atoms with Crippen molar-refractivity contribution in [3.8, 4) is 0 Å². The molecule has 0 radical (unpaired) electrons. The van der Waals surface area contributed by atoms with Gasteiger partial charge in [0.25, 0.3) is 0 Å². The standard InChI is InChI=1S/C8H14N2/c1-10-7-2-3-8(10)5-6(9)4-7/h7-9H,2-5H2,1H3. The molecule has 0 spiro atoms. The van der Waals surface area contributed by atoms with E-state index < -0.39 is 0 Å². The summed E-state index contributed by atoms with van der Waals surface area (Å²) in [6, 6.07) is 1.43. The topological polar surface area (TPSA) is 27.1 Å². The first kappa shape index (κ1) is 6.35. The maximum absolute atomic E-state index is 7.55. The van der Waals surface area contributed by atoms with Crippen molar-refractivity contribution in [2.45, 2.75) is 37.8 Å². The van der Waals surface area contributed by atoms with E-state index in [1.54, 1.807) is 0 Å². The molecular weight excluding hydrogens is 124 g/mol. The molecule has 2 nitrogen and oxygen atoms in total. The molecule has 0 aromatic carbocycles. The highest BCUT2D eigenvalue weighted by molar-refractivity contribution is 5.83. The van der Waals surface area contributed by atoms with Gasteiger partial charge >= 0.3 is 0 Å². The number of piperidine rings is 1. The number of hydrogen-bond donors (Lipinski definition) is 1. The SMILES string of the molecule is CN1C2CCC1CC(=N)C2. The number of fused-ring (bicyclic) bond motifs is 2. The van der Waals surface area contributed by atoms with Crippen molar-refractivity contribution in [2.75, 3.05) is 7.05 Å². The Labute approximate surface area is 61.7 Å². The van der Waals surface area contributed by atoms with E-state index in [9.17, 15) is 0 Å². The van der Waals surface area contributed by atoms with Gasteiger partial charge in [0.15, 0.2) is 0 Å². The van der Waals surface area contributed by atoms with Gasteiger partial charge in [-0.05, 0) is 19.9 Å². The molecule has 2 saturated heterocycles. The lowest BCUT2D eigenvalue weighted by atomic mass is 10.0. The van der Waals surface area contributed by atoms with Crippen molar-refractivity contribution < 1.29 is 0 Å². The fraction of sp³-hybridized carbons (Fsp3) is 0.875. The first-order chi connectivity index (χ1) is 4.77. The van der Waals surface area contributed by atoms with E-state index in [1.165, 1.54) is 12.8 Å². The lowest BCUT2D eigenvalue weighted by molar-refractivity contribution is 0.230. The van der Waals surface area contributed by atoms with E-state index in [0.717, 1.165) is 18.6 Å². The molecule has 2 atom stereocenters. The van der Waals surface area contributed by atoms with Crippen LogP contribution in [-0.4, -0.2) is 29.7 Å². The van der Waals surface area contributed by atoms with Crippen LogP contribution in [0.15, 0.2) is 0 Å². The molecule has 0 aliphatic carbocycles. The molecule has 0 aromatic rings. The molecule has 0 aromatic heterocycles. The third-order valence-corrected chi connectivity index (χ3v) is 2.95. The van der Waals surface area contributed by atoms with Crippen LogP contribution in [0.2, 0.25) is 0 Å². The summed E-state index contributed by atoms with van der Waals surface area (Å²) in [4.78, 5) is 2.46. The van der Waals surface area contributed by atoms with Gasteiger partial charge in [-0.2, -0.15) is 0 Å². The molecule has 2 fully saturated rings. The Morgan fingerprint density at radius 3 is 2.30 bits per heavy atom. The van der Waals surface area contributed by atoms with Gasteiger partial charge in [-0.15, -0.1) is 0 Å². The van der Waals surface area contributed by atoms with E-state index in [1.807, 2.05) is 0 Å². The minimum Gasteiger partial charge on any atom is -0.310 e. The molecule has 2 bridgehead atoms.